The zero-order chi connectivity index (χ0) is 21.7. The summed E-state index contributed by atoms with van der Waals surface area (Å²) < 4.78 is 14.9. The lowest BCUT2D eigenvalue weighted by Gasteiger charge is -2.48. The number of nitrogens with one attached hydrogen (secondary N) is 2. The molecule has 0 bridgehead atoms. The Kier molecular flexibility index (Phi) is 5.06. The molecule has 2 aromatic heterocycles. The third-order valence-electron chi connectivity index (χ3n) is 5.55. The molecular weight excluding hydrogens is 403 g/mol. The summed E-state index contributed by atoms with van der Waals surface area (Å²) in [5.74, 6) is -0.707. The number of rotatable bonds is 4. The Morgan fingerprint density at radius 2 is 1.83 bits per heavy atom. The molecule has 0 amide bonds. The SMILES string of the molecule is CN(c1nnc(-c2c(O)cc(-c3cn[nH]c3)cc2F)s1)C1CC(C)(C)NC(C)(C)C1. The molecule has 4 rings (SSSR count). The van der Waals surface area contributed by atoms with Crippen molar-refractivity contribution in [2.45, 2.75) is 57.7 Å². The van der Waals surface area contributed by atoms with Crippen LogP contribution >= 0.6 is 11.3 Å². The van der Waals surface area contributed by atoms with E-state index in [1.165, 1.54) is 23.5 Å². The minimum absolute atomic E-state index is 0.00147. The van der Waals surface area contributed by atoms with E-state index in [1.54, 1.807) is 12.4 Å². The molecule has 160 valence electrons. The number of anilines is 1. The minimum Gasteiger partial charge on any atom is -0.507 e. The highest BCUT2D eigenvalue weighted by Crippen LogP contribution is 2.40. The van der Waals surface area contributed by atoms with Gasteiger partial charge in [0.1, 0.15) is 11.6 Å². The molecule has 0 spiro atoms. The standard InChI is InChI=1S/C21H27FN6OS/c1-20(2)8-14(9-21(3,4)27-20)28(5)19-26-25-18(30-19)17-15(22)6-12(7-16(17)29)13-10-23-24-11-13/h6-7,10-11,14,27,29H,8-9H2,1-5H3,(H,23,24). The number of aromatic amines is 1. The number of hydrogen-bond donors (Lipinski definition) is 3. The van der Waals surface area contributed by atoms with Gasteiger partial charge in [0.25, 0.3) is 0 Å². The molecule has 0 saturated carbocycles. The zero-order valence-corrected chi connectivity index (χ0v) is 18.6. The maximum atomic E-state index is 14.9. The van der Waals surface area contributed by atoms with Crippen molar-refractivity contribution in [3.63, 3.8) is 0 Å². The Hall–Kier alpha value is -2.52. The molecule has 7 nitrogen and oxygen atoms in total. The lowest BCUT2D eigenvalue weighted by molar-refractivity contribution is 0.161. The fourth-order valence-electron chi connectivity index (χ4n) is 4.54. The lowest BCUT2D eigenvalue weighted by atomic mass is 9.79. The minimum atomic E-state index is -0.541. The number of phenolic OH excluding ortho intramolecular Hbond substituents is 1. The number of nitrogens with zero attached hydrogens (tertiary/aromatic N) is 4. The molecule has 1 aliphatic rings. The van der Waals surface area contributed by atoms with E-state index in [2.05, 4.69) is 58.3 Å². The number of halogens is 1. The summed E-state index contributed by atoms with van der Waals surface area (Å²) >= 11 is 1.28. The molecule has 1 aromatic carbocycles. The molecule has 3 N–H and O–H groups in total. The summed E-state index contributed by atoms with van der Waals surface area (Å²) in [5.41, 5.74) is 1.32. The lowest BCUT2D eigenvalue weighted by Crippen LogP contribution is -2.61. The first-order chi connectivity index (χ1) is 14.0. The van der Waals surface area contributed by atoms with Crippen LogP contribution in [0.4, 0.5) is 9.52 Å². The van der Waals surface area contributed by atoms with Crippen molar-refractivity contribution >= 4 is 16.5 Å². The molecule has 3 aromatic rings. The summed E-state index contributed by atoms with van der Waals surface area (Å²) in [5, 5.41) is 30.3. The van der Waals surface area contributed by atoms with Gasteiger partial charge in [0.15, 0.2) is 5.01 Å². The number of benzene rings is 1. The molecule has 9 heteroatoms. The Labute approximate surface area is 179 Å². The molecule has 0 unspecified atom stereocenters. The number of aromatic nitrogens is 4. The first-order valence-corrected chi connectivity index (χ1v) is 10.7. The van der Waals surface area contributed by atoms with Crippen molar-refractivity contribution in [1.29, 1.82) is 0 Å². The van der Waals surface area contributed by atoms with Crippen LogP contribution in [0.25, 0.3) is 21.7 Å². The van der Waals surface area contributed by atoms with Gasteiger partial charge < -0.3 is 15.3 Å². The van der Waals surface area contributed by atoms with E-state index in [1.807, 2.05) is 7.05 Å². The number of H-pyrrole nitrogens is 1. The highest BCUT2D eigenvalue weighted by atomic mass is 32.1. The average Bonchev–Trinajstić information content (AvgIpc) is 3.30. The Morgan fingerprint density at radius 3 is 2.43 bits per heavy atom. The smallest absolute Gasteiger partial charge is 0.208 e. The molecule has 0 atom stereocenters. The Balaban J connectivity index is 1.61. The van der Waals surface area contributed by atoms with Gasteiger partial charge in [-0.1, -0.05) is 11.3 Å². The zero-order valence-electron chi connectivity index (χ0n) is 17.8. The first-order valence-electron chi connectivity index (χ1n) is 9.92. The summed E-state index contributed by atoms with van der Waals surface area (Å²) in [7, 11) is 2.00. The maximum Gasteiger partial charge on any atom is 0.208 e. The van der Waals surface area contributed by atoms with Crippen LogP contribution in [0.3, 0.4) is 0 Å². The highest BCUT2D eigenvalue weighted by molar-refractivity contribution is 7.18. The largest absolute Gasteiger partial charge is 0.507 e. The van der Waals surface area contributed by atoms with Gasteiger partial charge in [0.05, 0.1) is 11.8 Å². The normalized spacial score (nSPS) is 18.5. The molecule has 0 radical (unpaired) electrons. The summed E-state index contributed by atoms with van der Waals surface area (Å²) in [6.45, 7) is 8.81. The van der Waals surface area contributed by atoms with E-state index >= 15 is 0 Å². The topological polar surface area (TPSA) is 90.0 Å². The number of hydrogen-bond acceptors (Lipinski definition) is 7. The van der Waals surface area contributed by atoms with Gasteiger partial charge in [-0.2, -0.15) is 5.10 Å². The molecule has 1 fully saturated rings. The predicted molar refractivity (Wildman–Crippen MR) is 117 cm³/mol. The quantitative estimate of drug-likeness (QED) is 0.575. The fraction of sp³-hybridized carbons (Fsp3) is 0.476. The van der Waals surface area contributed by atoms with E-state index < -0.39 is 5.82 Å². The maximum absolute atomic E-state index is 14.9. The van der Waals surface area contributed by atoms with Crippen LogP contribution in [0.2, 0.25) is 0 Å². The molecule has 1 saturated heterocycles. The van der Waals surface area contributed by atoms with Gasteiger partial charge >= 0.3 is 0 Å². The second-order valence-electron chi connectivity index (χ2n) is 9.29. The number of phenols is 1. The van der Waals surface area contributed by atoms with Crippen LogP contribution in [0.5, 0.6) is 5.75 Å². The molecule has 30 heavy (non-hydrogen) atoms. The third-order valence-corrected chi connectivity index (χ3v) is 6.58. The van der Waals surface area contributed by atoms with Gasteiger partial charge in [-0.05, 0) is 58.2 Å². The van der Waals surface area contributed by atoms with E-state index in [0.717, 1.165) is 12.8 Å². The van der Waals surface area contributed by atoms with Crippen LogP contribution in [0.15, 0.2) is 24.5 Å². The average molecular weight is 431 g/mol. The van der Waals surface area contributed by atoms with Crippen molar-refractivity contribution in [3.05, 3.63) is 30.3 Å². The number of aromatic hydroxyl groups is 1. The van der Waals surface area contributed by atoms with Crippen molar-refractivity contribution < 1.29 is 9.50 Å². The first kappa shape index (κ1) is 20.7. The molecule has 1 aliphatic heterocycles. The summed E-state index contributed by atoms with van der Waals surface area (Å²) in [6, 6.07) is 3.17. The van der Waals surface area contributed by atoms with Gasteiger partial charge in [-0.3, -0.25) is 5.10 Å². The van der Waals surface area contributed by atoms with Crippen LogP contribution in [0, 0.1) is 5.82 Å². The summed E-state index contributed by atoms with van der Waals surface area (Å²) in [6.07, 6.45) is 5.14. The van der Waals surface area contributed by atoms with Crippen LogP contribution in [-0.2, 0) is 0 Å². The third kappa shape index (κ3) is 4.04. The fourth-order valence-corrected chi connectivity index (χ4v) is 5.47. The molecule has 0 aliphatic carbocycles. The molecule has 3 heterocycles. The monoisotopic (exact) mass is 430 g/mol. The Morgan fingerprint density at radius 1 is 1.13 bits per heavy atom. The number of piperidine rings is 1. The highest BCUT2D eigenvalue weighted by Gasteiger charge is 2.39. The van der Waals surface area contributed by atoms with Crippen molar-refractivity contribution in [2.75, 3.05) is 11.9 Å². The van der Waals surface area contributed by atoms with Crippen molar-refractivity contribution in [2.24, 2.45) is 0 Å². The van der Waals surface area contributed by atoms with E-state index in [-0.39, 0.29) is 28.4 Å². The summed E-state index contributed by atoms with van der Waals surface area (Å²) in [4.78, 5) is 2.13. The second-order valence-corrected chi connectivity index (χ2v) is 10.3. The van der Waals surface area contributed by atoms with Crippen molar-refractivity contribution in [3.8, 4) is 27.4 Å². The van der Waals surface area contributed by atoms with Crippen LogP contribution in [0.1, 0.15) is 40.5 Å². The van der Waals surface area contributed by atoms with Crippen LogP contribution in [-0.4, -0.2) is 49.7 Å². The van der Waals surface area contributed by atoms with Gasteiger partial charge in [-0.15, -0.1) is 10.2 Å². The Bertz CT molecular complexity index is 1010. The van der Waals surface area contributed by atoms with E-state index in [0.29, 0.717) is 21.3 Å². The van der Waals surface area contributed by atoms with Gasteiger partial charge in [0, 0.05) is 35.9 Å². The van der Waals surface area contributed by atoms with E-state index in [9.17, 15) is 9.50 Å². The van der Waals surface area contributed by atoms with E-state index in [4.69, 9.17) is 0 Å². The van der Waals surface area contributed by atoms with Gasteiger partial charge in [-0.25, -0.2) is 4.39 Å². The van der Waals surface area contributed by atoms with Gasteiger partial charge in [0.2, 0.25) is 5.13 Å². The van der Waals surface area contributed by atoms with Crippen LogP contribution < -0.4 is 10.2 Å². The second kappa shape index (κ2) is 7.31. The van der Waals surface area contributed by atoms with Crippen molar-refractivity contribution in [1.82, 2.24) is 25.7 Å². The predicted octanol–water partition coefficient (Wildman–Crippen LogP) is 4.19. The molecular formula is C21H27FN6OS.